The summed E-state index contributed by atoms with van der Waals surface area (Å²) in [5.41, 5.74) is 1.95. The quantitative estimate of drug-likeness (QED) is 0.935. The molecule has 1 aromatic carbocycles. The Morgan fingerprint density at radius 2 is 2.22 bits per heavy atom. The summed E-state index contributed by atoms with van der Waals surface area (Å²) in [6.45, 7) is 2.12. The van der Waals surface area contributed by atoms with E-state index in [9.17, 15) is 0 Å². The van der Waals surface area contributed by atoms with Crippen molar-refractivity contribution in [2.24, 2.45) is 0 Å². The third-order valence-corrected chi connectivity index (χ3v) is 4.37. The fraction of sp³-hybridized carbons (Fsp3) is 0.308. The van der Waals surface area contributed by atoms with E-state index in [1.165, 1.54) is 0 Å². The number of aliphatic hydroxyl groups excluding tert-OH is 1. The molecule has 1 heterocycles. The summed E-state index contributed by atoms with van der Waals surface area (Å²) in [4.78, 5) is 5.68. The van der Waals surface area contributed by atoms with E-state index in [-0.39, 0.29) is 6.61 Å². The van der Waals surface area contributed by atoms with E-state index < -0.39 is 0 Å². The van der Waals surface area contributed by atoms with Gasteiger partial charge in [-0.3, -0.25) is 0 Å². The molecule has 0 radical (unpaired) electrons. The Morgan fingerprint density at radius 1 is 1.44 bits per heavy atom. The van der Waals surface area contributed by atoms with E-state index in [2.05, 4.69) is 20.9 Å². The minimum absolute atomic E-state index is 0.151. The molecule has 0 atom stereocenters. The van der Waals surface area contributed by atoms with Crippen molar-refractivity contribution in [3.63, 3.8) is 0 Å². The van der Waals surface area contributed by atoms with Crippen LogP contribution in [0, 0.1) is 6.92 Å². The summed E-state index contributed by atoms with van der Waals surface area (Å²) in [5, 5.41) is 9.94. The lowest BCUT2D eigenvalue weighted by Gasteiger charge is -2.06. The van der Waals surface area contributed by atoms with Crippen LogP contribution in [0.5, 0.6) is 5.75 Å². The fourth-order valence-corrected chi connectivity index (χ4v) is 3.16. The third-order valence-electron chi connectivity index (χ3n) is 2.62. The standard InChI is InChI=1S/C13H14BrNO2S/c1-8-12(5-6-16)18-13(15-8)10-7-9(14)3-4-11(10)17-2/h3-4,7,16H,5-6H2,1-2H3. The fourth-order valence-electron chi connectivity index (χ4n) is 1.72. The molecule has 0 saturated heterocycles. The number of hydrogen-bond acceptors (Lipinski definition) is 4. The largest absolute Gasteiger partial charge is 0.496 e. The molecule has 3 nitrogen and oxygen atoms in total. The number of aryl methyl sites for hydroxylation is 1. The number of hydrogen-bond donors (Lipinski definition) is 1. The number of aromatic nitrogens is 1. The molecule has 1 N–H and O–H groups in total. The van der Waals surface area contributed by atoms with Crippen molar-refractivity contribution in [3.05, 3.63) is 33.2 Å². The molecule has 5 heteroatoms. The Bertz CT molecular complexity index is 554. The zero-order valence-electron chi connectivity index (χ0n) is 10.2. The van der Waals surface area contributed by atoms with Crippen LogP contribution in [0.25, 0.3) is 10.6 Å². The maximum Gasteiger partial charge on any atom is 0.129 e. The SMILES string of the molecule is COc1ccc(Br)cc1-c1nc(C)c(CCO)s1. The maximum absolute atomic E-state index is 9.02. The van der Waals surface area contributed by atoms with Gasteiger partial charge in [-0.05, 0) is 25.1 Å². The number of methoxy groups -OCH3 is 1. The summed E-state index contributed by atoms with van der Waals surface area (Å²) in [7, 11) is 1.65. The highest BCUT2D eigenvalue weighted by Crippen LogP contribution is 2.36. The Kier molecular flexibility index (Phi) is 4.37. The van der Waals surface area contributed by atoms with Gasteiger partial charge in [-0.2, -0.15) is 0 Å². The number of rotatable bonds is 4. The van der Waals surface area contributed by atoms with Crippen LogP contribution in [0.2, 0.25) is 0 Å². The normalized spacial score (nSPS) is 10.7. The lowest BCUT2D eigenvalue weighted by molar-refractivity contribution is 0.300. The number of halogens is 1. The van der Waals surface area contributed by atoms with Gasteiger partial charge in [0.2, 0.25) is 0 Å². The minimum atomic E-state index is 0.151. The predicted octanol–water partition coefficient (Wildman–Crippen LogP) is 3.42. The Hall–Kier alpha value is -0.910. The molecule has 0 amide bonds. The maximum atomic E-state index is 9.02. The smallest absolute Gasteiger partial charge is 0.129 e. The molecule has 18 heavy (non-hydrogen) atoms. The van der Waals surface area contributed by atoms with E-state index >= 15 is 0 Å². The van der Waals surface area contributed by atoms with Crippen molar-refractivity contribution in [2.45, 2.75) is 13.3 Å². The van der Waals surface area contributed by atoms with Gasteiger partial charge in [-0.15, -0.1) is 11.3 Å². The van der Waals surface area contributed by atoms with Gasteiger partial charge < -0.3 is 9.84 Å². The molecule has 0 fully saturated rings. The van der Waals surface area contributed by atoms with E-state index in [0.29, 0.717) is 6.42 Å². The average Bonchev–Trinajstić information content (AvgIpc) is 2.71. The van der Waals surface area contributed by atoms with Crippen LogP contribution in [-0.4, -0.2) is 23.8 Å². The van der Waals surface area contributed by atoms with Crippen LogP contribution in [-0.2, 0) is 6.42 Å². The van der Waals surface area contributed by atoms with Crippen molar-refractivity contribution in [1.82, 2.24) is 4.98 Å². The van der Waals surface area contributed by atoms with Gasteiger partial charge in [0.05, 0.1) is 18.4 Å². The summed E-state index contributed by atoms with van der Waals surface area (Å²) < 4.78 is 6.36. The van der Waals surface area contributed by atoms with Gasteiger partial charge in [0.25, 0.3) is 0 Å². The molecular weight excluding hydrogens is 314 g/mol. The number of benzene rings is 1. The number of ether oxygens (including phenoxy) is 1. The summed E-state index contributed by atoms with van der Waals surface area (Å²) in [5.74, 6) is 0.808. The first-order valence-corrected chi connectivity index (χ1v) is 7.17. The van der Waals surface area contributed by atoms with Crippen LogP contribution in [0.4, 0.5) is 0 Å². The molecule has 0 aliphatic carbocycles. The lowest BCUT2D eigenvalue weighted by atomic mass is 10.2. The van der Waals surface area contributed by atoms with Gasteiger partial charge in [-0.1, -0.05) is 15.9 Å². The van der Waals surface area contributed by atoms with E-state index in [1.807, 2.05) is 25.1 Å². The van der Waals surface area contributed by atoms with Gasteiger partial charge in [0.15, 0.2) is 0 Å². The molecule has 0 aliphatic heterocycles. The summed E-state index contributed by atoms with van der Waals surface area (Å²) >= 11 is 5.06. The molecule has 0 bridgehead atoms. The Labute approximate surface area is 119 Å². The topological polar surface area (TPSA) is 42.4 Å². The van der Waals surface area contributed by atoms with Gasteiger partial charge >= 0.3 is 0 Å². The lowest BCUT2D eigenvalue weighted by Crippen LogP contribution is -1.89. The molecule has 2 rings (SSSR count). The van der Waals surface area contributed by atoms with Gasteiger partial charge in [-0.25, -0.2) is 4.98 Å². The highest BCUT2D eigenvalue weighted by molar-refractivity contribution is 9.10. The van der Waals surface area contributed by atoms with Crippen LogP contribution in [0.15, 0.2) is 22.7 Å². The Balaban J connectivity index is 2.47. The number of thiazole rings is 1. The van der Waals surface area contributed by atoms with Crippen LogP contribution >= 0.6 is 27.3 Å². The molecule has 0 spiro atoms. The Morgan fingerprint density at radius 3 is 2.89 bits per heavy atom. The predicted molar refractivity (Wildman–Crippen MR) is 77.3 cm³/mol. The van der Waals surface area contributed by atoms with Crippen molar-refractivity contribution in [2.75, 3.05) is 13.7 Å². The third kappa shape index (κ3) is 2.74. The van der Waals surface area contributed by atoms with Crippen LogP contribution in [0.3, 0.4) is 0 Å². The molecule has 2 aromatic rings. The van der Waals surface area contributed by atoms with Crippen molar-refractivity contribution in [1.29, 1.82) is 0 Å². The first kappa shape index (κ1) is 13.5. The monoisotopic (exact) mass is 327 g/mol. The number of aliphatic hydroxyl groups is 1. The molecule has 96 valence electrons. The van der Waals surface area contributed by atoms with Crippen LogP contribution < -0.4 is 4.74 Å². The summed E-state index contributed by atoms with van der Waals surface area (Å²) in [6.07, 6.45) is 0.653. The highest BCUT2D eigenvalue weighted by Gasteiger charge is 2.13. The second-order valence-electron chi connectivity index (χ2n) is 3.85. The molecule has 0 unspecified atom stereocenters. The first-order chi connectivity index (χ1) is 8.65. The van der Waals surface area contributed by atoms with E-state index in [0.717, 1.165) is 31.4 Å². The minimum Gasteiger partial charge on any atom is -0.496 e. The molecule has 0 aliphatic rings. The van der Waals surface area contributed by atoms with Gasteiger partial charge in [0.1, 0.15) is 10.8 Å². The summed E-state index contributed by atoms with van der Waals surface area (Å²) in [6, 6.07) is 5.86. The highest BCUT2D eigenvalue weighted by atomic mass is 79.9. The van der Waals surface area contributed by atoms with Crippen molar-refractivity contribution < 1.29 is 9.84 Å². The van der Waals surface area contributed by atoms with Crippen molar-refractivity contribution in [3.8, 4) is 16.3 Å². The first-order valence-electron chi connectivity index (χ1n) is 5.56. The number of nitrogens with zero attached hydrogens (tertiary/aromatic N) is 1. The van der Waals surface area contributed by atoms with E-state index in [1.54, 1.807) is 18.4 Å². The zero-order chi connectivity index (χ0) is 13.1. The molecule has 1 aromatic heterocycles. The zero-order valence-corrected chi connectivity index (χ0v) is 12.6. The molecular formula is C13H14BrNO2S. The van der Waals surface area contributed by atoms with Gasteiger partial charge in [0, 0.05) is 22.4 Å². The second kappa shape index (κ2) is 5.82. The average molecular weight is 328 g/mol. The van der Waals surface area contributed by atoms with Crippen LogP contribution in [0.1, 0.15) is 10.6 Å². The second-order valence-corrected chi connectivity index (χ2v) is 5.85. The molecule has 0 saturated carbocycles. The van der Waals surface area contributed by atoms with Crippen molar-refractivity contribution >= 4 is 27.3 Å². The van der Waals surface area contributed by atoms with E-state index in [4.69, 9.17) is 9.84 Å².